The quantitative estimate of drug-likeness (QED) is 0.477. The van der Waals surface area contributed by atoms with Gasteiger partial charge in [-0.05, 0) is 43.3 Å². The molecule has 0 radical (unpaired) electrons. The van der Waals surface area contributed by atoms with Crippen molar-refractivity contribution in [1.29, 1.82) is 0 Å². The van der Waals surface area contributed by atoms with E-state index in [1.165, 1.54) is 18.3 Å². The zero-order valence-corrected chi connectivity index (χ0v) is 18.5. The fourth-order valence-electron chi connectivity index (χ4n) is 3.08. The highest BCUT2D eigenvalue weighted by molar-refractivity contribution is 7.91. The average molecular weight is 452 g/mol. The zero-order valence-electron chi connectivity index (χ0n) is 17.7. The Morgan fingerprint density at radius 1 is 1.12 bits per heavy atom. The zero-order chi connectivity index (χ0) is 22.9. The molecule has 0 aliphatic carbocycles. The van der Waals surface area contributed by atoms with E-state index in [9.17, 15) is 13.2 Å². The molecule has 1 N–H and O–H groups in total. The van der Waals surface area contributed by atoms with Crippen molar-refractivity contribution in [3.63, 3.8) is 0 Å². The van der Waals surface area contributed by atoms with Gasteiger partial charge in [0.1, 0.15) is 11.5 Å². The Morgan fingerprint density at radius 2 is 1.88 bits per heavy atom. The summed E-state index contributed by atoms with van der Waals surface area (Å²) in [6, 6.07) is 9.44. The number of nitrogens with zero attached hydrogens (tertiary/aromatic N) is 4. The minimum Gasteiger partial charge on any atom is -0.457 e. The molecule has 0 saturated heterocycles. The van der Waals surface area contributed by atoms with Gasteiger partial charge >= 0.3 is 0 Å². The SMILES string of the molecule is CCS(=O)(=O)c1ccc(Oc2cc(C(=O)Nc3cnc(C)cn3)cc3nn(C)cc23)cc1. The fourth-order valence-corrected chi connectivity index (χ4v) is 3.96. The maximum absolute atomic E-state index is 12.8. The first-order valence-electron chi connectivity index (χ1n) is 9.83. The standard InChI is InChI=1S/C22H21N5O4S/c1-4-32(29,30)17-7-5-16(6-8-17)31-20-10-15(9-19-18(20)13-27(3)26-19)22(28)25-21-12-23-14(2)11-24-21/h5-13H,4H2,1-3H3,(H,24,25,28). The van der Waals surface area contributed by atoms with Crippen molar-refractivity contribution in [3.8, 4) is 11.5 Å². The summed E-state index contributed by atoms with van der Waals surface area (Å²) in [6.07, 6.45) is 4.83. The van der Waals surface area contributed by atoms with Gasteiger partial charge in [-0.1, -0.05) is 6.92 Å². The molecule has 0 spiro atoms. The Morgan fingerprint density at radius 3 is 2.53 bits per heavy atom. The van der Waals surface area contributed by atoms with Crippen LogP contribution in [0.15, 0.2) is 59.9 Å². The number of hydrogen-bond acceptors (Lipinski definition) is 7. The van der Waals surface area contributed by atoms with Crippen LogP contribution < -0.4 is 10.1 Å². The van der Waals surface area contributed by atoms with Crippen molar-refractivity contribution >= 4 is 32.5 Å². The minimum absolute atomic E-state index is 0.0199. The molecule has 1 amide bonds. The second-order valence-electron chi connectivity index (χ2n) is 7.18. The van der Waals surface area contributed by atoms with Crippen LogP contribution in [0, 0.1) is 6.92 Å². The number of ether oxygens (including phenoxy) is 1. The highest BCUT2D eigenvalue weighted by atomic mass is 32.2. The molecule has 0 unspecified atom stereocenters. The lowest BCUT2D eigenvalue weighted by Gasteiger charge is -2.10. The molecule has 0 bridgehead atoms. The van der Waals surface area contributed by atoms with Gasteiger partial charge in [-0.2, -0.15) is 5.10 Å². The van der Waals surface area contributed by atoms with Crippen molar-refractivity contribution in [2.24, 2.45) is 7.05 Å². The molecule has 0 aliphatic rings. The van der Waals surface area contributed by atoms with Gasteiger partial charge in [0.15, 0.2) is 15.7 Å². The van der Waals surface area contributed by atoms with Crippen LogP contribution in [0.5, 0.6) is 11.5 Å². The van der Waals surface area contributed by atoms with Crippen LogP contribution in [0.3, 0.4) is 0 Å². The Kier molecular flexibility index (Phi) is 5.62. The second kappa shape index (κ2) is 8.39. The lowest BCUT2D eigenvalue weighted by Crippen LogP contribution is -2.13. The van der Waals surface area contributed by atoms with Crippen LogP contribution in [0.1, 0.15) is 23.0 Å². The summed E-state index contributed by atoms with van der Waals surface area (Å²) >= 11 is 0. The van der Waals surface area contributed by atoms with Gasteiger partial charge in [-0.25, -0.2) is 13.4 Å². The number of carbonyl (C=O) groups is 1. The van der Waals surface area contributed by atoms with Gasteiger partial charge in [-0.15, -0.1) is 0 Å². The first-order chi connectivity index (χ1) is 15.2. The lowest BCUT2D eigenvalue weighted by molar-refractivity contribution is 0.102. The summed E-state index contributed by atoms with van der Waals surface area (Å²) in [5.74, 6) is 0.822. The first-order valence-corrected chi connectivity index (χ1v) is 11.5. The van der Waals surface area contributed by atoms with E-state index in [-0.39, 0.29) is 16.6 Å². The Hall–Kier alpha value is -3.79. The third kappa shape index (κ3) is 4.45. The fraction of sp³-hybridized carbons (Fsp3) is 0.182. The molecular formula is C22H21N5O4S. The first kappa shape index (κ1) is 21.4. The van der Waals surface area contributed by atoms with E-state index in [2.05, 4.69) is 20.4 Å². The number of aromatic nitrogens is 4. The van der Waals surface area contributed by atoms with Gasteiger partial charge < -0.3 is 10.1 Å². The number of benzene rings is 2. The number of hydrogen-bond donors (Lipinski definition) is 1. The molecule has 2 aromatic heterocycles. The molecule has 4 aromatic rings. The van der Waals surface area contributed by atoms with E-state index < -0.39 is 9.84 Å². The van der Waals surface area contributed by atoms with E-state index >= 15 is 0 Å². The van der Waals surface area contributed by atoms with E-state index in [4.69, 9.17) is 4.74 Å². The van der Waals surface area contributed by atoms with E-state index in [0.717, 1.165) is 5.69 Å². The smallest absolute Gasteiger partial charge is 0.257 e. The summed E-state index contributed by atoms with van der Waals surface area (Å²) in [5, 5.41) is 7.81. The Labute approximate surface area is 185 Å². The van der Waals surface area contributed by atoms with Crippen molar-refractivity contribution < 1.29 is 17.9 Å². The van der Waals surface area contributed by atoms with Crippen LogP contribution in [0.25, 0.3) is 10.9 Å². The molecule has 0 fully saturated rings. The molecule has 2 aromatic carbocycles. The van der Waals surface area contributed by atoms with Crippen LogP contribution >= 0.6 is 0 Å². The number of aryl methyl sites for hydroxylation is 2. The number of fused-ring (bicyclic) bond motifs is 1. The van der Waals surface area contributed by atoms with Gasteiger partial charge in [0.25, 0.3) is 5.91 Å². The van der Waals surface area contributed by atoms with Crippen LogP contribution in [0.2, 0.25) is 0 Å². The van der Waals surface area contributed by atoms with Crippen LogP contribution in [-0.2, 0) is 16.9 Å². The summed E-state index contributed by atoms with van der Waals surface area (Å²) in [6.45, 7) is 3.40. The van der Waals surface area contributed by atoms with Gasteiger partial charge in [0.05, 0.1) is 39.6 Å². The normalized spacial score (nSPS) is 11.5. The summed E-state index contributed by atoms with van der Waals surface area (Å²) in [7, 11) is -1.53. The number of sulfone groups is 1. The number of anilines is 1. The maximum atomic E-state index is 12.8. The Bertz CT molecular complexity index is 1400. The van der Waals surface area contributed by atoms with Crippen LogP contribution in [-0.4, -0.2) is 39.8 Å². The third-order valence-corrected chi connectivity index (χ3v) is 6.53. The predicted octanol–water partition coefficient (Wildman–Crippen LogP) is 3.51. The van der Waals surface area contributed by atoms with Crippen molar-refractivity contribution in [1.82, 2.24) is 19.7 Å². The third-order valence-electron chi connectivity index (χ3n) is 4.78. The molecule has 10 heteroatoms. The molecule has 4 rings (SSSR count). The molecule has 0 aliphatic heterocycles. The highest BCUT2D eigenvalue weighted by Crippen LogP contribution is 2.32. The molecule has 32 heavy (non-hydrogen) atoms. The van der Waals surface area contributed by atoms with Crippen molar-refractivity contribution in [2.45, 2.75) is 18.7 Å². The topological polar surface area (TPSA) is 116 Å². The van der Waals surface area contributed by atoms with Gasteiger partial charge in [-0.3, -0.25) is 14.5 Å². The summed E-state index contributed by atoms with van der Waals surface area (Å²) < 4.78 is 31.7. The van der Waals surface area contributed by atoms with Crippen LogP contribution in [0.4, 0.5) is 5.82 Å². The highest BCUT2D eigenvalue weighted by Gasteiger charge is 2.16. The Balaban J connectivity index is 1.66. The van der Waals surface area contributed by atoms with Gasteiger partial charge in [0.2, 0.25) is 0 Å². The maximum Gasteiger partial charge on any atom is 0.257 e. The van der Waals surface area contributed by atoms with Gasteiger partial charge in [0, 0.05) is 18.8 Å². The molecule has 0 atom stereocenters. The van der Waals surface area contributed by atoms with E-state index in [1.54, 1.807) is 62.2 Å². The molecule has 9 nitrogen and oxygen atoms in total. The summed E-state index contributed by atoms with van der Waals surface area (Å²) in [4.78, 5) is 21.3. The minimum atomic E-state index is -3.30. The largest absolute Gasteiger partial charge is 0.457 e. The predicted molar refractivity (Wildman–Crippen MR) is 120 cm³/mol. The number of nitrogens with one attached hydrogen (secondary N) is 1. The monoisotopic (exact) mass is 451 g/mol. The van der Waals surface area contributed by atoms with Crippen molar-refractivity contribution in [2.75, 3.05) is 11.1 Å². The van der Waals surface area contributed by atoms with E-state index in [1.807, 2.05) is 0 Å². The second-order valence-corrected chi connectivity index (χ2v) is 9.46. The molecule has 0 saturated carbocycles. The molecule has 2 heterocycles. The van der Waals surface area contributed by atoms with E-state index in [0.29, 0.717) is 33.8 Å². The van der Waals surface area contributed by atoms with Crippen molar-refractivity contribution in [3.05, 3.63) is 66.2 Å². The average Bonchev–Trinajstić information content (AvgIpc) is 3.16. The lowest BCUT2D eigenvalue weighted by atomic mass is 10.1. The number of carbonyl (C=O) groups excluding carboxylic acids is 1. The number of rotatable bonds is 6. The molecular weight excluding hydrogens is 430 g/mol. The number of amides is 1. The summed E-state index contributed by atoms with van der Waals surface area (Å²) in [5.41, 5.74) is 1.65. The molecule has 164 valence electrons.